The lowest BCUT2D eigenvalue weighted by Gasteiger charge is -2.38. The van der Waals surface area contributed by atoms with Gasteiger partial charge < -0.3 is 10.1 Å². The van der Waals surface area contributed by atoms with Crippen molar-refractivity contribution in [1.82, 2.24) is 5.32 Å². The topological polar surface area (TPSA) is 21.3 Å². The minimum Gasteiger partial charge on any atom is -0.482 e. The zero-order chi connectivity index (χ0) is 11.0. The van der Waals surface area contributed by atoms with E-state index in [1.54, 1.807) is 0 Å². The maximum Gasteiger partial charge on any atom is 0.130 e. The minimum atomic E-state index is -0.0481. The van der Waals surface area contributed by atoms with Crippen molar-refractivity contribution in [3.05, 3.63) is 35.4 Å². The Morgan fingerprint density at radius 3 is 2.88 bits per heavy atom. The first-order valence-corrected chi connectivity index (χ1v) is 5.97. The number of piperidine rings is 1. The molecule has 0 bridgehead atoms. The number of hydrogen-bond acceptors (Lipinski definition) is 2. The zero-order valence-corrected chi connectivity index (χ0v) is 9.62. The van der Waals surface area contributed by atoms with Gasteiger partial charge in [0, 0.05) is 18.4 Å². The van der Waals surface area contributed by atoms with Crippen LogP contribution in [0.5, 0.6) is 5.75 Å². The smallest absolute Gasteiger partial charge is 0.130 e. The molecule has 2 nitrogen and oxygen atoms in total. The molecular formula is C14H17NO. The van der Waals surface area contributed by atoms with Crippen molar-refractivity contribution in [1.29, 1.82) is 0 Å². The van der Waals surface area contributed by atoms with Crippen LogP contribution < -0.4 is 10.1 Å². The summed E-state index contributed by atoms with van der Waals surface area (Å²) in [4.78, 5) is 0. The molecule has 0 aliphatic carbocycles. The Hall–Kier alpha value is -1.28. The summed E-state index contributed by atoms with van der Waals surface area (Å²) in [6.45, 7) is 4.21. The van der Waals surface area contributed by atoms with Crippen molar-refractivity contribution in [3.8, 4) is 5.75 Å². The Morgan fingerprint density at radius 1 is 1.25 bits per heavy atom. The highest BCUT2D eigenvalue weighted by Gasteiger charge is 2.33. The van der Waals surface area contributed by atoms with Crippen molar-refractivity contribution in [2.45, 2.75) is 25.4 Å². The second-order valence-corrected chi connectivity index (χ2v) is 4.79. The second kappa shape index (κ2) is 3.63. The average Bonchev–Trinajstić information content (AvgIpc) is 2.31. The molecule has 2 aliphatic rings. The van der Waals surface area contributed by atoms with E-state index in [4.69, 9.17) is 4.74 Å². The zero-order valence-electron chi connectivity index (χ0n) is 9.62. The number of hydrogen-bond donors (Lipinski definition) is 1. The molecule has 1 N–H and O–H groups in total. The van der Waals surface area contributed by atoms with Crippen LogP contribution in [-0.2, 0) is 0 Å². The fourth-order valence-corrected chi connectivity index (χ4v) is 2.50. The normalized spacial score (nSPS) is 21.6. The van der Waals surface area contributed by atoms with Gasteiger partial charge in [-0.1, -0.05) is 17.7 Å². The van der Waals surface area contributed by atoms with E-state index in [-0.39, 0.29) is 5.60 Å². The van der Waals surface area contributed by atoms with Crippen molar-refractivity contribution < 1.29 is 4.74 Å². The fourth-order valence-electron chi connectivity index (χ4n) is 2.50. The number of benzene rings is 1. The summed E-state index contributed by atoms with van der Waals surface area (Å²) in [5.74, 6) is 1.04. The minimum absolute atomic E-state index is 0.0481. The van der Waals surface area contributed by atoms with E-state index < -0.39 is 0 Å². The molecular weight excluding hydrogens is 198 g/mol. The van der Waals surface area contributed by atoms with Crippen LogP contribution in [0.3, 0.4) is 0 Å². The third kappa shape index (κ3) is 1.63. The summed E-state index contributed by atoms with van der Waals surface area (Å²) in [5.41, 5.74) is 2.45. The molecule has 0 atom stereocenters. The lowest BCUT2D eigenvalue weighted by Crippen LogP contribution is -2.45. The molecule has 0 saturated carbocycles. The van der Waals surface area contributed by atoms with Gasteiger partial charge >= 0.3 is 0 Å². The molecule has 84 valence electrons. The van der Waals surface area contributed by atoms with Crippen LogP contribution in [0.1, 0.15) is 24.0 Å². The van der Waals surface area contributed by atoms with Gasteiger partial charge in [-0.2, -0.15) is 0 Å². The van der Waals surface area contributed by atoms with E-state index in [0.29, 0.717) is 0 Å². The summed E-state index contributed by atoms with van der Waals surface area (Å²) < 4.78 is 6.19. The number of nitrogens with one attached hydrogen (secondary N) is 1. The standard InChI is InChI=1S/C14H17NO/c1-11-2-3-13-12(10-11)4-5-14(16-13)6-8-15-9-7-14/h2-5,10,15H,6-9H2,1H3. The molecule has 1 fully saturated rings. The van der Waals surface area contributed by atoms with Crippen LogP contribution in [0.15, 0.2) is 24.3 Å². The van der Waals surface area contributed by atoms with Gasteiger partial charge in [-0.05, 0) is 38.2 Å². The molecule has 1 aromatic rings. The summed E-state index contributed by atoms with van der Waals surface area (Å²) in [6.07, 6.45) is 6.60. The molecule has 2 heterocycles. The van der Waals surface area contributed by atoms with Gasteiger partial charge in [-0.15, -0.1) is 0 Å². The maximum absolute atomic E-state index is 6.19. The van der Waals surface area contributed by atoms with Gasteiger partial charge in [0.15, 0.2) is 0 Å². The molecule has 16 heavy (non-hydrogen) atoms. The van der Waals surface area contributed by atoms with Gasteiger partial charge in [0.05, 0.1) is 0 Å². The monoisotopic (exact) mass is 215 g/mol. The van der Waals surface area contributed by atoms with Crippen LogP contribution in [0.25, 0.3) is 6.08 Å². The number of rotatable bonds is 0. The average molecular weight is 215 g/mol. The molecule has 2 aliphatic heterocycles. The van der Waals surface area contributed by atoms with Gasteiger partial charge in [0.2, 0.25) is 0 Å². The van der Waals surface area contributed by atoms with Gasteiger partial charge in [-0.3, -0.25) is 0 Å². The fraction of sp³-hybridized carbons (Fsp3) is 0.429. The SMILES string of the molecule is Cc1ccc2c(c1)C=CC1(CCNCC1)O2. The van der Waals surface area contributed by atoms with E-state index in [1.165, 1.54) is 11.1 Å². The van der Waals surface area contributed by atoms with Crippen LogP contribution in [-0.4, -0.2) is 18.7 Å². The summed E-state index contributed by atoms with van der Waals surface area (Å²) in [7, 11) is 0. The highest BCUT2D eigenvalue weighted by molar-refractivity contribution is 5.62. The number of ether oxygens (including phenoxy) is 1. The first kappa shape index (κ1) is 9.91. The lowest BCUT2D eigenvalue weighted by atomic mass is 9.89. The molecule has 2 heteroatoms. The van der Waals surface area contributed by atoms with Crippen LogP contribution in [0.2, 0.25) is 0 Å². The van der Waals surface area contributed by atoms with Gasteiger partial charge in [0.1, 0.15) is 11.4 Å². The third-order valence-electron chi connectivity index (χ3n) is 3.50. The second-order valence-electron chi connectivity index (χ2n) is 4.79. The van der Waals surface area contributed by atoms with E-state index in [0.717, 1.165) is 31.7 Å². The summed E-state index contributed by atoms with van der Waals surface area (Å²) in [6, 6.07) is 6.39. The number of aryl methyl sites for hydroxylation is 1. The van der Waals surface area contributed by atoms with E-state index in [1.807, 2.05) is 0 Å². The molecule has 1 saturated heterocycles. The molecule has 1 spiro atoms. The highest BCUT2D eigenvalue weighted by atomic mass is 16.5. The van der Waals surface area contributed by atoms with Crippen molar-refractivity contribution in [3.63, 3.8) is 0 Å². The van der Waals surface area contributed by atoms with E-state index in [9.17, 15) is 0 Å². The van der Waals surface area contributed by atoms with Crippen molar-refractivity contribution in [2.24, 2.45) is 0 Å². The molecule has 0 unspecified atom stereocenters. The van der Waals surface area contributed by atoms with Crippen LogP contribution >= 0.6 is 0 Å². The Morgan fingerprint density at radius 2 is 2.06 bits per heavy atom. The van der Waals surface area contributed by atoms with Gasteiger partial charge in [-0.25, -0.2) is 0 Å². The summed E-state index contributed by atoms with van der Waals surface area (Å²) in [5, 5.41) is 3.38. The van der Waals surface area contributed by atoms with Crippen molar-refractivity contribution >= 4 is 6.08 Å². The van der Waals surface area contributed by atoms with Crippen LogP contribution in [0, 0.1) is 6.92 Å². The van der Waals surface area contributed by atoms with E-state index >= 15 is 0 Å². The van der Waals surface area contributed by atoms with Gasteiger partial charge in [0.25, 0.3) is 0 Å². The Bertz CT molecular complexity index is 430. The Labute approximate surface area is 96.3 Å². The molecule has 0 amide bonds. The summed E-state index contributed by atoms with van der Waals surface area (Å²) >= 11 is 0. The quantitative estimate of drug-likeness (QED) is 0.718. The molecule has 1 aromatic carbocycles. The first-order valence-electron chi connectivity index (χ1n) is 5.97. The molecule has 0 aromatic heterocycles. The van der Waals surface area contributed by atoms with Crippen LogP contribution in [0.4, 0.5) is 0 Å². The number of fused-ring (bicyclic) bond motifs is 1. The Balaban J connectivity index is 1.94. The lowest BCUT2D eigenvalue weighted by molar-refractivity contribution is 0.0823. The molecule has 0 radical (unpaired) electrons. The largest absolute Gasteiger partial charge is 0.482 e. The predicted octanol–water partition coefficient (Wildman–Crippen LogP) is 2.52. The Kier molecular flexibility index (Phi) is 2.25. The highest BCUT2D eigenvalue weighted by Crippen LogP contribution is 2.35. The predicted molar refractivity (Wildman–Crippen MR) is 65.7 cm³/mol. The first-order chi connectivity index (χ1) is 7.77. The molecule has 3 rings (SSSR count). The van der Waals surface area contributed by atoms with Crippen molar-refractivity contribution in [2.75, 3.05) is 13.1 Å². The van der Waals surface area contributed by atoms with E-state index in [2.05, 4.69) is 42.6 Å². The maximum atomic E-state index is 6.19. The third-order valence-corrected chi connectivity index (χ3v) is 3.50.